The number of hydrogen-bond acceptors (Lipinski definition) is 5. The Morgan fingerprint density at radius 2 is 1.96 bits per heavy atom. The number of carboxylic acid groups (broad SMARTS) is 1. The normalized spacial score (nSPS) is 11.3. The fourth-order valence-electron chi connectivity index (χ4n) is 2.99. The third-order valence-electron chi connectivity index (χ3n) is 4.50. The zero-order valence-electron chi connectivity index (χ0n) is 15.8. The molecule has 142 valence electrons. The van der Waals surface area contributed by atoms with Crippen molar-refractivity contribution >= 4 is 34.3 Å². The van der Waals surface area contributed by atoms with Crippen molar-refractivity contribution in [3.63, 3.8) is 0 Å². The third-order valence-corrected chi connectivity index (χ3v) is 4.83. The summed E-state index contributed by atoms with van der Waals surface area (Å²) in [7, 11) is 0. The quantitative estimate of drug-likeness (QED) is 0.684. The highest BCUT2D eigenvalue weighted by Gasteiger charge is 2.18. The summed E-state index contributed by atoms with van der Waals surface area (Å²) in [6.07, 6.45) is 2.68. The number of hydrogen-bond donors (Lipinski definition) is 1. The molecule has 0 amide bonds. The average molecular weight is 388 g/mol. The summed E-state index contributed by atoms with van der Waals surface area (Å²) in [5.74, 6) is 0.321. The fraction of sp³-hybridized carbons (Fsp3) is 0.368. The van der Waals surface area contributed by atoms with E-state index in [0.29, 0.717) is 16.5 Å². The van der Waals surface area contributed by atoms with Crippen molar-refractivity contribution in [3.05, 3.63) is 40.7 Å². The van der Waals surface area contributed by atoms with Gasteiger partial charge in [-0.15, -0.1) is 0 Å². The molecule has 0 aliphatic rings. The number of rotatable bonds is 6. The number of fused-ring (bicyclic) bond motifs is 1. The summed E-state index contributed by atoms with van der Waals surface area (Å²) in [6.45, 7) is 9.87. The zero-order valence-corrected chi connectivity index (χ0v) is 16.5. The lowest BCUT2D eigenvalue weighted by Crippen LogP contribution is -2.24. The van der Waals surface area contributed by atoms with Crippen molar-refractivity contribution in [1.82, 2.24) is 19.7 Å². The minimum atomic E-state index is -1.05. The van der Waals surface area contributed by atoms with Crippen LogP contribution in [0, 0.1) is 0 Å². The summed E-state index contributed by atoms with van der Waals surface area (Å²) < 4.78 is 1.38. The smallest absolute Gasteiger partial charge is 0.338 e. The number of halogens is 1. The first-order valence-electron chi connectivity index (χ1n) is 8.90. The predicted octanol–water partition coefficient (Wildman–Crippen LogP) is 4.14. The molecule has 3 aromatic rings. The SMILES string of the molecule is CCN(CC)c1nc(-n2cc(C(=O)O)cn2)nc2cc(Cl)c(C(C)C)cc12. The molecule has 1 N–H and O–H groups in total. The summed E-state index contributed by atoms with van der Waals surface area (Å²) in [4.78, 5) is 22.6. The molecule has 0 aliphatic carbocycles. The summed E-state index contributed by atoms with van der Waals surface area (Å²) in [5, 5.41) is 14.8. The van der Waals surface area contributed by atoms with Gasteiger partial charge in [-0.2, -0.15) is 10.1 Å². The first-order chi connectivity index (χ1) is 12.8. The van der Waals surface area contributed by atoms with E-state index >= 15 is 0 Å². The number of anilines is 1. The van der Waals surface area contributed by atoms with Crippen molar-refractivity contribution in [2.75, 3.05) is 18.0 Å². The summed E-state index contributed by atoms with van der Waals surface area (Å²) in [6, 6.07) is 3.89. The third kappa shape index (κ3) is 3.60. The molecule has 0 fully saturated rings. The maximum atomic E-state index is 11.2. The van der Waals surface area contributed by atoms with Crippen molar-refractivity contribution in [2.45, 2.75) is 33.6 Å². The van der Waals surface area contributed by atoms with Gasteiger partial charge in [-0.25, -0.2) is 14.5 Å². The molecule has 8 heteroatoms. The molecule has 27 heavy (non-hydrogen) atoms. The van der Waals surface area contributed by atoms with Crippen LogP contribution in [0.4, 0.5) is 5.82 Å². The van der Waals surface area contributed by atoms with Crippen molar-refractivity contribution in [3.8, 4) is 5.95 Å². The lowest BCUT2D eigenvalue weighted by atomic mass is 10.0. The van der Waals surface area contributed by atoms with E-state index < -0.39 is 5.97 Å². The van der Waals surface area contributed by atoms with E-state index in [1.807, 2.05) is 12.1 Å². The van der Waals surface area contributed by atoms with Crippen LogP contribution in [0.5, 0.6) is 0 Å². The number of nitrogens with zero attached hydrogens (tertiary/aromatic N) is 5. The van der Waals surface area contributed by atoms with Gasteiger partial charge in [0.1, 0.15) is 5.82 Å². The highest BCUT2D eigenvalue weighted by Crippen LogP contribution is 2.33. The predicted molar refractivity (Wildman–Crippen MR) is 106 cm³/mol. The van der Waals surface area contributed by atoms with Gasteiger partial charge in [0.05, 0.1) is 17.3 Å². The minimum absolute atomic E-state index is 0.0799. The standard InChI is InChI=1S/C19H22ClN5O2/c1-5-24(6-2)17-14-7-13(11(3)4)15(20)8-16(14)22-19(23-17)25-10-12(9-21-25)18(26)27/h7-11H,5-6H2,1-4H3,(H,26,27). The van der Waals surface area contributed by atoms with E-state index in [9.17, 15) is 4.79 Å². The first kappa shape index (κ1) is 19.1. The van der Waals surface area contributed by atoms with Gasteiger partial charge in [-0.05, 0) is 37.5 Å². The Morgan fingerprint density at radius 1 is 1.26 bits per heavy atom. The first-order valence-corrected chi connectivity index (χ1v) is 9.27. The van der Waals surface area contributed by atoms with Gasteiger partial charge < -0.3 is 10.0 Å². The number of aromatic nitrogens is 4. The molecule has 0 unspecified atom stereocenters. The van der Waals surface area contributed by atoms with E-state index in [0.717, 1.165) is 29.9 Å². The van der Waals surface area contributed by atoms with Gasteiger partial charge in [-0.1, -0.05) is 25.4 Å². The molecule has 2 aromatic heterocycles. The Balaban J connectivity index is 2.27. The van der Waals surface area contributed by atoms with Crippen LogP contribution in [0.25, 0.3) is 16.9 Å². The molecule has 1 aromatic carbocycles. The van der Waals surface area contributed by atoms with Gasteiger partial charge in [0.15, 0.2) is 0 Å². The Labute approximate surface area is 162 Å². The van der Waals surface area contributed by atoms with Crippen LogP contribution in [0.3, 0.4) is 0 Å². The van der Waals surface area contributed by atoms with E-state index in [2.05, 4.69) is 42.7 Å². The minimum Gasteiger partial charge on any atom is -0.478 e. The molecule has 0 radical (unpaired) electrons. The Bertz CT molecular complexity index is 995. The highest BCUT2D eigenvalue weighted by molar-refractivity contribution is 6.32. The maximum absolute atomic E-state index is 11.2. The second-order valence-electron chi connectivity index (χ2n) is 6.54. The maximum Gasteiger partial charge on any atom is 0.338 e. The van der Waals surface area contributed by atoms with E-state index in [1.54, 1.807) is 0 Å². The van der Waals surface area contributed by atoms with Gasteiger partial charge in [0.25, 0.3) is 5.95 Å². The van der Waals surface area contributed by atoms with Crippen molar-refractivity contribution in [1.29, 1.82) is 0 Å². The van der Waals surface area contributed by atoms with Crippen LogP contribution in [0.1, 0.15) is 49.5 Å². The average Bonchev–Trinajstić information content (AvgIpc) is 3.12. The largest absolute Gasteiger partial charge is 0.478 e. The topological polar surface area (TPSA) is 84.1 Å². The van der Waals surface area contributed by atoms with Gasteiger partial charge in [0, 0.05) is 29.7 Å². The molecular formula is C19H22ClN5O2. The van der Waals surface area contributed by atoms with Crippen molar-refractivity contribution in [2.24, 2.45) is 0 Å². The van der Waals surface area contributed by atoms with Crippen LogP contribution < -0.4 is 4.90 Å². The van der Waals surface area contributed by atoms with Crippen LogP contribution >= 0.6 is 11.6 Å². The molecular weight excluding hydrogens is 366 g/mol. The van der Waals surface area contributed by atoms with Crippen LogP contribution in [-0.4, -0.2) is 43.9 Å². The second kappa shape index (κ2) is 7.52. The molecule has 0 saturated carbocycles. The zero-order chi connectivity index (χ0) is 19.7. The molecule has 0 bridgehead atoms. The van der Waals surface area contributed by atoms with Crippen LogP contribution in [0.15, 0.2) is 24.5 Å². The van der Waals surface area contributed by atoms with Gasteiger partial charge in [0.2, 0.25) is 0 Å². The molecule has 2 heterocycles. The number of benzene rings is 1. The summed E-state index contributed by atoms with van der Waals surface area (Å²) >= 11 is 6.47. The second-order valence-corrected chi connectivity index (χ2v) is 6.95. The monoisotopic (exact) mass is 387 g/mol. The lowest BCUT2D eigenvalue weighted by Gasteiger charge is -2.23. The number of aromatic carboxylic acids is 1. The molecule has 0 atom stereocenters. The Morgan fingerprint density at radius 3 is 2.52 bits per heavy atom. The molecule has 0 saturated heterocycles. The van der Waals surface area contributed by atoms with Gasteiger partial charge in [-0.3, -0.25) is 0 Å². The Hall–Kier alpha value is -2.67. The lowest BCUT2D eigenvalue weighted by molar-refractivity contribution is 0.0697. The fourth-order valence-corrected chi connectivity index (χ4v) is 3.37. The molecule has 0 spiro atoms. The Kier molecular flexibility index (Phi) is 5.32. The van der Waals surface area contributed by atoms with Crippen molar-refractivity contribution < 1.29 is 9.90 Å². The molecule has 3 rings (SSSR count). The van der Waals surface area contributed by atoms with E-state index in [4.69, 9.17) is 21.7 Å². The number of carbonyl (C=O) groups is 1. The van der Waals surface area contributed by atoms with E-state index in [1.165, 1.54) is 17.1 Å². The van der Waals surface area contributed by atoms with Crippen LogP contribution in [-0.2, 0) is 0 Å². The molecule has 0 aliphatic heterocycles. The van der Waals surface area contributed by atoms with E-state index in [-0.39, 0.29) is 11.5 Å². The molecule has 7 nitrogen and oxygen atoms in total. The van der Waals surface area contributed by atoms with Gasteiger partial charge >= 0.3 is 5.97 Å². The summed E-state index contributed by atoms with van der Waals surface area (Å²) in [5.41, 5.74) is 1.82. The highest BCUT2D eigenvalue weighted by atomic mass is 35.5. The number of carboxylic acids is 1. The van der Waals surface area contributed by atoms with Crippen LogP contribution in [0.2, 0.25) is 5.02 Å².